The van der Waals surface area contributed by atoms with Crippen LogP contribution >= 0.6 is 11.3 Å². The number of aromatic nitrogens is 1. The maximum Gasteiger partial charge on any atom is 0.357 e. The second-order valence-electron chi connectivity index (χ2n) is 4.46. The van der Waals surface area contributed by atoms with E-state index in [0.29, 0.717) is 0 Å². The lowest BCUT2D eigenvalue weighted by Gasteiger charge is -2.10. The molecule has 22 heavy (non-hydrogen) atoms. The molecule has 0 radical (unpaired) electrons. The van der Waals surface area contributed by atoms with Crippen LogP contribution in [0.15, 0.2) is 29.6 Å². The van der Waals surface area contributed by atoms with E-state index >= 15 is 0 Å². The molecule has 0 fully saturated rings. The van der Waals surface area contributed by atoms with Crippen LogP contribution in [0.25, 0.3) is 0 Å². The van der Waals surface area contributed by atoms with Crippen molar-refractivity contribution in [2.24, 2.45) is 5.73 Å². The average molecular weight is 323 g/mol. The molecule has 6 nitrogen and oxygen atoms in total. The minimum atomic E-state index is -0.809. The van der Waals surface area contributed by atoms with Gasteiger partial charge in [-0.05, 0) is 24.1 Å². The number of amides is 1. The van der Waals surface area contributed by atoms with Crippen molar-refractivity contribution in [3.8, 4) is 0 Å². The van der Waals surface area contributed by atoms with Gasteiger partial charge in [0.25, 0.3) is 0 Å². The van der Waals surface area contributed by atoms with E-state index in [9.17, 15) is 14.0 Å². The van der Waals surface area contributed by atoms with E-state index in [1.54, 1.807) is 12.1 Å². The molecule has 8 heteroatoms. The van der Waals surface area contributed by atoms with Gasteiger partial charge in [-0.25, -0.2) is 14.2 Å². The van der Waals surface area contributed by atoms with Gasteiger partial charge >= 0.3 is 5.97 Å². The number of nitrogens with one attached hydrogen (secondary N) is 1. The molecule has 116 valence electrons. The Morgan fingerprint density at radius 2 is 2.09 bits per heavy atom. The van der Waals surface area contributed by atoms with Crippen LogP contribution in [-0.2, 0) is 16.0 Å². The molecule has 0 aliphatic heterocycles. The standard InChI is InChI=1S/C14H14FN3O3S/c1-21-13(20)11-7-22-14(17-11)18-12(19)10(16)6-8-2-4-9(15)5-3-8/h2-5,7,10H,6,16H2,1H3,(H,17,18,19)/t10-/m0/s1. The van der Waals surface area contributed by atoms with Crippen LogP contribution in [0, 0.1) is 5.82 Å². The lowest BCUT2D eigenvalue weighted by molar-refractivity contribution is -0.117. The molecular formula is C14H14FN3O3S. The molecule has 3 N–H and O–H groups in total. The van der Waals surface area contributed by atoms with Crippen molar-refractivity contribution < 1.29 is 18.7 Å². The zero-order valence-corrected chi connectivity index (χ0v) is 12.5. The van der Waals surface area contributed by atoms with Crippen LogP contribution in [0.5, 0.6) is 0 Å². The largest absolute Gasteiger partial charge is 0.464 e. The normalized spacial score (nSPS) is 11.8. The minimum Gasteiger partial charge on any atom is -0.464 e. The summed E-state index contributed by atoms with van der Waals surface area (Å²) in [6.07, 6.45) is 0.265. The van der Waals surface area contributed by atoms with Crippen molar-refractivity contribution in [3.05, 3.63) is 46.7 Å². The highest BCUT2D eigenvalue weighted by atomic mass is 32.1. The molecule has 1 aromatic heterocycles. The fourth-order valence-electron chi connectivity index (χ4n) is 1.69. The molecule has 2 rings (SSSR count). The summed E-state index contributed by atoms with van der Waals surface area (Å²) >= 11 is 1.10. The van der Waals surface area contributed by atoms with Gasteiger partial charge in [0.1, 0.15) is 5.82 Å². The van der Waals surface area contributed by atoms with Gasteiger partial charge in [-0.2, -0.15) is 0 Å². The van der Waals surface area contributed by atoms with Gasteiger partial charge in [0.2, 0.25) is 5.91 Å². The third-order valence-electron chi connectivity index (χ3n) is 2.83. The van der Waals surface area contributed by atoms with Gasteiger partial charge in [0, 0.05) is 5.38 Å². The van der Waals surface area contributed by atoms with Crippen molar-refractivity contribution in [1.82, 2.24) is 4.98 Å². The van der Waals surface area contributed by atoms with E-state index in [-0.39, 0.29) is 23.1 Å². The van der Waals surface area contributed by atoms with E-state index in [1.807, 2.05) is 0 Å². The lowest BCUT2D eigenvalue weighted by Crippen LogP contribution is -2.37. The molecule has 1 atom stereocenters. The number of nitrogens with zero attached hydrogens (tertiary/aromatic N) is 1. The number of benzene rings is 1. The third kappa shape index (κ3) is 4.09. The predicted molar refractivity (Wildman–Crippen MR) is 80.2 cm³/mol. The predicted octanol–water partition coefficient (Wildman–Crippen LogP) is 1.58. The summed E-state index contributed by atoms with van der Waals surface area (Å²) in [5.41, 5.74) is 6.68. The first-order chi connectivity index (χ1) is 10.5. The summed E-state index contributed by atoms with van der Waals surface area (Å²) in [5.74, 6) is -1.36. The number of anilines is 1. The maximum absolute atomic E-state index is 12.8. The van der Waals surface area contributed by atoms with Crippen molar-refractivity contribution >= 4 is 28.3 Å². The van der Waals surface area contributed by atoms with E-state index in [4.69, 9.17) is 5.73 Å². The Morgan fingerprint density at radius 1 is 1.41 bits per heavy atom. The van der Waals surface area contributed by atoms with Gasteiger partial charge in [-0.1, -0.05) is 12.1 Å². The van der Waals surface area contributed by atoms with Crippen molar-refractivity contribution in [2.75, 3.05) is 12.4 Å². The van der Waals surface area contributed by atoms with Crippen LogP contribution in [0.3, 0.4) is 0 Å². The molecule has 1 amide bonds. The number of hydrogen-bond donors (Lipinski definition) is 2. The molecule has 0 unspecified atom stereocenters. The Kier molecular flexibility index (Phi) is 5.18. The lowest BCUT2D eigenvalue weighted by atomic mass is 10.1. The number of methoxy groups -OCH3 is 1. The zero-order chi connectivity index (χ0) is 16.1. The Morgan fingerprint density at radius 3 is 2.73 bits per heavy atom. The first-order valence-electron chi connectivity index (χ1n) is 6.34. The third-order valence-corrected chi connectivity index (χ3v) is 3.59. The first kappa shape index (κ1) is 16.1. The number of rotatable bonds is 5. The van der Waals surface area contributed by atoms with Crippen molar-refractivity contribution in [1.29, 1.82) is 0 Å². The summed E-state index contributed by atoms with van der Waals surface area (Å²) < 4.78 is 17.3. The average Bonchev–Trinajstić information content (AvgIpc) is 2.97. The summed E-state index contributed by atoms with van der Waals surface area (Å²) in [7, 11) is 1.25. The summed E-state index contributed by atoms with van der Waals surface area (Å²) in [5, 5.41) is 4.28. The van der Waals surface area contributed by atoms with Gasteiger partial charge < -0.3 is 15.8 Å². The number of halogens is 1. The summed E-state index contributed by atoms with van der Waals surface area (Å²) in [4.78, 5) is 27.2. The molecular weight excluding hydrogens is 309 g/mol. The Hall–Kier alpha value is -2.32. The van der Waals surface area contributed by atoms with Crippen LogP contribution in [0.1, 0.15) is 16.1 Å². The van der Waals surface area contributed by atoms with Gasteiger partial charge in [-0.3, -0.25) is 4.79 Å². The fourth-order valence-corrected chi connectivity index (χ4v) is 2.38. The molecule has 0 aliphatic rings. The smallest absolute Gasteiger partial charge is 0.357 e. The van der Waals surface area contributed by atoms with Crippen molar-refractivity contribution in [2.45, 2.75) is 12.5 Å². The topological polar surface area (TPSA) is 94.3 Å². The zero-order valence-electron chi connectivity index (χ0n) is 11.7. The monoisotopic (exact) mass is 323 g/mol. The molecule has 1 heterocycles. The van der Waals surface area contributed by atoms with Gasteiger partial charge in [0.15, 0.2) is 10.8 Å². The Bertz CT molecular complexity index is 672. The van der Waals surface area contributed by atoms with E-state index < -0.39 is 17.9 Å². The highest BCUT2D eigenvalue weighted by Crippen LogP contribution is 2.16. The molecule has 0 bridgehead atoms. The van der Waals surface area contributed by atoms with Gasteiger partial charge in [-0.15, -0.1) is 11.3 Å². The minimum absolute atomic E-state index is 0.120. The second-order valence-corrected chi connectivity index (χ2v) is 5.31. The number of nitrogens with two attached hydrogens (primary N) is 1. The maximum atomic E-state index is 12.8. The summed E-state index contributed by atoms with van der Waals surface area (Å²) in [6.45, 7) is 0. The molecule has 2 aromatic rings. The Balaban J connectivity index is 1.94. The van der Waals surface area contributed by atoms with Crippen molar-refractivity contribution in [3.63, 3.8) is 0 Å². The number of carbonyl (C=O) groups is 2. The molecule has 0 saturated carbocycles. The highest BCUT2D eigenvalue weighted by molar-refractivity contribution is 7.14. The van der Waals surface area contributed by atoms with Crippen LogP contribution in [0.2, 0.25) is 0 Å². The highest BCUT2D eigenvalue weighted by Gasteiger charge is 2.17. The molecule has 0 saturated heterocycles. The molecule has 0 spiro atoms. The quantitative estimate of drug-likeness (QED) is 0.815. The first-order valence-corrected chi connectivity index (χ1v) is 7.22. The summed E-state index contributed by atoms with van der Waals surface area (Å²) in [6, 6.07) is 4.95. The number of esters is 1. The number of hydrogen-bond acceptors (Lipinski definition) is 6. The number of ether oxygens (including phenoxy) is 1. The van der Waals surface area contributed by atoms with Gasteiger partial charge in [0.05, 0.1) is 13.2 Å². The SMILES string of the molecule is COC(=O)c1csc(NC(=O)[C@@H](N)Cc2ccc(F)cc2)n1. The number of thiazole rings is 1. The van der Waals surface area contributed by atoms with Crippen LogP contribution in [-0.4, -0.2) is 30.0 Å². The second kappa shape index (κ2) is 7.10. The fraction of sp³-hybridized carbons (Fsp3) is 0.214. The van der Waals surface area contributed by atoms with E-state index in [2.05, 4.69) is 15.0 Å². The van der Waals surface area contributed by atoms with E-state index in [1.165, 1.54) is 24.6 Å². The number of carbonyl (C=O) groups excluding carboxylic acids is 2. The molecule has 1 aromatic carbocycles. The van der Waals surface area contributed by atoms with Crippen LogP contribution in [0.4, 0.5) is 9.52 Å². The van der Waals surface area contributed by atoms with Crippen LogP contribution < -0.4 is 11.1 Å². The van der Waals surface area contributed by atoms with E-state index in [0.717, 1.165) is 16.9 Å². The Labute approximate surface area is 130 Å². The molecule has 0 aliphatic carbocycles.